The zero-order chi connectivity index (χ0) is 30.4. The van der Waals surface area contributed by atoms with Gasteiger partial charge in [-0.15, -0.1) is 0 Å². The van der Waals surface area contributed by atoms with Gasteiger partial charge in [0, 0.05) is 12.5 Å². The number of aliphatic hydroxyl groups is 3. The molecule has 0 spiro atoms. The zero-order valence-electron chi connectivity index (χ0n) is 25.4. The van der Waals surface area contributed by atoms with Crippen LogP contribution in [0, 0.1) is 46.3 Å². The standard InChI is InChI=1S/C33H51NO7S/c1-20(9-12-30(38)34-23(19-42(39,40)41)15-21-7-5-4-6-8-21)25-10-11-26-31-27(18-29(37)33(25,26)3)32(2)14-13-24(35)16-22(32)17-28(31)36/h4-8,20,22-29,31,35-37H,9-19H2,1-3H3,(H,34,38)(H,39,40,41). The molecule has 42 heavy (non-hydrogen) atoms. The number of nitrogens with one attached hydrogen (secondary N) is 1. The van der Waals surface area contributed by atoms with E-state index in [1.165, 1.54) is 0 Å². The van der Waals surface area contributed by atoms with E-state index in [1.54, 1.807) is 0 Å². The normalized spacial score (nSPS) is 41.2. The number of carbonyl (C=O) groups is 1. The van der Waals surface area contributed by atoms with E-state index in [0.717, 1.165) is 44.1 Å². The van der Waals surface area contributed by atoms with Crippen molar-refractivity contribution in [1.29, 1.82) is 0 Å². The molecule has 4 saturated carbocycles. The molecular formula is C33H51NO7S. The van der Waals surface area contributed by atoms with E-state index in [0.29, 0.717) is 19.3 Å². The topological polar surface area (TPSA) is 144 Å². The average Bonchev–Trinajstić information content (AvgIpc) is 3.27. The number of fused-ring (bicyclic) bond motifs is 5. The van der Waals surface area contributed by atoms with E-state index < -0.39 is 34.1 Å². The third-order valence-electron chi connectivity index (χ3n) is 12.4. The van der Waals surface area contributed by atoms with Gasteiger partial charge in [-0.05, 0) is 110 Å². The van der Waals surface area contributed by atoms with Crippen LogP contribution in [-0.2, 0) is 21.3 Å². The molecule has 236 valence electrons. The predicted octanol–water partition coefficient (Wildman–Crippen LogP) is 3.98. The second kappa shape index (κ2) is 12.1. The second-order valence-electron chi connectivity index (χ2n) is 14.7. The number of carbonyl (C=O) groups excluding carboxylic acids is 1. The fourth-order valence-corrected chi connectivity index (χ4v) is 11.0. The predicted molar refractivity (Wildman–Crippen MR) is 161 cm³/mol. The van der Waals surface area contributed by atoms with Crippen LogP contribution < -0.4 is 5.32 Å². The molecule has 8 nitrogen and oxygen atoms in total. The first kappa shape index (κ1) is 31.9. The summed E-state index contributed by atoms with van der Waals surface area (Å²) in [6, 6.07) is 8.57. The minimum absolute atomic E-state index is 0.0333. The summed E-state index contributed by atoms with van der Waals surface area (Å²) in [6.07, 6.45) is 5.78. The van der Waals surface area contributed by atoms with E-state index in [-0.39, 0.29) is 64.8 Å². The fourth-order valence-electron chi connectivity index (χ4n) is 10.3. The monoisotopic (exact) mass is 605 g/mol. The van der Waals surface area contributed by atoms with Crippen molar-refractivity contribution < 1.29 is 33.1 Å². The molecule has 0 saturated heterocycles. The van der Waals surface area contributed by atoms with Crippen molar-refractivity contribution >= 4 is 16.0 Å². The summed E-state index contributed by atoms with van der Waals surface area (Å²) in [4.78, 5) is 13.0. The highest BCUT2D eigenvalue weighted by Gasteiger charge is 2.65. The maximum absolute atomic E-state index is 13.0. The fraction of sp³-hybridized carbons (Fsp3) is 0.788. The summed E-state index contributed by atoms with van der Waals surface area (Å²) < 4.78 is 32.7. The second-order valence-corrected chi connectivity index (χ2v) is 16.2. The Hall–Kier alpha value is -1.52. The van der Waals surface area contributed by atoms with Crippen LogP contribution in [0.15, 0.2) is 30.3 Å². The van der Waals surface area contributed by atoms with Gasteiger partial charge in [0.05, 0.1) is 24.1 Å². The Morgan fingerprint density at radius 3 is 2.43 bits per heavy atom. The molecule has 1 aromatic carbocycles. The van der Waals surface area contributed by atoms with Gasteiger partial charge in [-0.2, -0.15) is 8.42 Å². The van der Waals surface area contributed by atoms with E-state index in [2.05, 4.69) is 26.1 Å². The molecule has 0 radical (unpaired) electrons. The summed E-state index contributed by atoms with van der Waals surface area (Å²) in [5, 5.41) is 36.5. The molecule has 0 aliphatic heterocycles. The number of benzene rings is 1. The molecule has 4 aliphatic carbocycles. The molecule has 9 heteroatoms. The van der Waals surface area contributed by atoms with Gasteiger partial charge >= 0.3 is 0 Å². The van der Waals surface area contributed by atoms with E-state index in [1.807, 2.05) is 30.3 Å². The highest BCUT2D eigenvalue weighted by atomic mass is 32.2. The quantitative estimate of drug-likeness (QED) is 0.268. The molecule has 0 aromatic heterocycles. The Labute approximate surface area is 251 Å². The lowest BCUT2D eigenvalue weighted by Crippen LogP contribution is -2.62. The molecule has 0 heterocycles. The molecule has 1 aromatic rings. The van der Waals surface area contributed by atoms with Gasteiger partial charge in [0.2, 0.25) is 5.91 Å². The molecule has 5 rings (SSSR count). The summed E-state index contributed by atoms with van der Waals surface area (Å²) >= 11 is 0. The first-order valence-corrected chi connectivity index (χ1v) is 17.7. The highest BCUT2D eigenvalue weighted by molar-refractivity contribution is 7.85. The third kappa shape index (κ3) is 6.19. The van der Waals surface area contributed by atoms with Crippen molar-refractivity contribution in [1.82, 2.24) is 5.32 Å². The van der Waals surface area contributed by atoms with E-state index in [9.17, 15) is 33.1 Å². The van der Waals surface area contributed by atoms with Crippen LogP contribution in [0.4, 0.5) is 0 Å². The Balaban J connectivity index is 1.24. The van der Waals surface area contributed by atoms with Gasteiger partial charge in [0.1, 0.15) is 0 Å². The van der Waals surface area contributed by atoms with Crippen molar-refractivity contribution in [3.05, 3.63) is 35.9 Å². The summed E-state index contributed by atoms with van der Waals surface area (Å²) in [5.41, 5.74) is 0.575. The van der Waals surface area contributed by atoms with Crippen molar-refractivity contribution in [3.8, 4) is 0 Å². The van der Waals surface area contributed by atoms with Crippen LogP contribution in [0.3, 0.4) is 0 Å². The summed E-state index contributed by atoms with van der Waals surface area (Å²) in [7, 11) is -4.27. The Morgan fingerprint density at radius 1 is 1.02 bits per heavy atom. The lowest BCUT2D eigenvalue weighted by molar-refractivity contribution is -0.207. The average molecular weight is 606 g/mol. The largest absolute Gasteiger partial charge is 0.393 e. The van der Waals surface area contributed by atoms with Crippen molar-refractivity contribution in [2.24, 2.45) is 46.3 Å². The van der Waals surface area contributed by atoms with E-state index >= 15 is 0 Å². The van der Waals surface area contributed by atoms with Gasteiger partial charge in [0.15, 0.2) is 0 Å². The maximum Gasteiger partial charge on any atom is 0.266 e. The molecule has 4 aliphatic rings. The van der Waals surface area contributed by atoms with Crippen LogP contribution >= 0.6 is 0 Å². The lowest BCUT2D eigenvalue weighted by atomic mass is 9.43. The molecule has 12 atom stereocenters. The molecular weight excluding hydrogens is 554 g/mol. The SMILES string of the molecule is CC(CCC(=O)NC(Cc1ccccc1)CS(=O)(=O)O)C1CCC2C3C(O)CC4CC(O)CCC4(C)C3CC(O)C12C. The molecule has 1 amide bonds. The number of amides is 1. The lowest BCUT2D eigenvalue weighted by Gasteiger charge is -2.63. The Morgan fingerprint density at radius 2 is 1.74 bits per heavy atom. The highest BCUT2D eigenvalue weighted by Crippen LogP contribution is 2.68. The van der Waals surface area contributed by atoms with Gasteiger partial charge < -0.3 is 20.6 Å². The number of aliphatic hydroxyl groups excluding tert-OH is 3. The molecule has 12 unspecified atom stereocenters. The minimum atomic E-state index is -4.27. The number of hydrogen-bond donors (Lipinski definition) is 5. The van der Waals surface area contributed by atoms with Crippen LogP contribution in [-0.4, -0.2) is 64.3 Å². The maximum atomic E-state index is 13.0. The molecule has 5 N–H and O–H groups in total. The number of hydrogen-bond acceptors (Lipinski definition) is 6. The number of rotatable bonds is 9. The van der Waals surface area contributed by atoms with Gasteiger partial charge in [-0.25, -0.2) is 0 Å². The van der Waals surface area contributed by atoms with Crippen LogP contribution in [0.2, 0.25) is 0 Å². The minimum Gasteiger partial charge on any atom is -0.393 e. The van der Waals surface area contributed by atoms with Crippen molar-refractivity contribution in [2.45, 2.75) is 109 Å². The third-order valence-corrected chi connectivity index (χ3v) is 13.3. The summed E-state index contributed by atoms with van der Waals surface area (Å²) in [5.74, 6) is 0.506. The van der Waals surface area contributed by atoms with Crippen LogP contribution in [0.25, 0.3) is 0 Å². The summed E-state index contributed by atoms with van der Waals surface area (Å²) in [6.45, 7) is 6.70. The Bertz CT molecular complexity index is 1210. The first-order valence-electron chi connectivity index (χ1n) is 16.0. The molecule has 0 bridgehead atoms. The van der Waals surface area contributed by atoms with Gasteiger partial charge in [0.25, 0.3) is 10.1 Å². The van der Waals surface area contributed by atoms with E-state index in [4.69, 9.17) is 0 Å². The first-order chi connectivity index (χ1) is 19.7. The zero-order valence-corrected chi connectivity index (χ0v) is 26.2. The van der Waals surface area contributed by atoms with Crippen LogP contribution in [0.1, 0.15) is 84.1 Å². The molecule has 4 fully saturated rings. The smallest absolute Gasteiger partial charge is 0.266 e. The van der Waals surface area contributed by atoms with Crippen LogP contribution in [0.5, 0.6) is 0 Å². The van der Waals surface area contributed by atoms with Crippen molar-refractivity contribution in [3.63, 3.8) is 0 Å². The van der Waals surface area contributed by atoms with Crippen molar-refractivity contribution in [2.75, 3.05) is 5.75 Å². The van der Waals surface area contributed by atoms with Gasteiger partial charge in [-0.1, -0.05) is 51.1 Å². The van der Waals surface area contributed by atoms with Gasteiger partial charge in [-0.3, -0.25) is 9.35 Å². The Kier molecular flexibility index (Phi) is 9.19.